The van der Waals surface area contributed by atoms with Crippen molar-refractivity contribution in [3.05, 3.63) is 60.2 Å². The van der Waals surface area contributed by atoms with Gasteiger partial charge >= 0.3 is 0 Å². The van der Waals surface area contributed by atoms with Crippen LogP contribution in [0.4, 0.5) is 0 Å². The second-order valence-corrected chi connectivity index (χ2v) is 6.25. The van der Waals surface area contributed by atoms with Gasteiger partial charge in [0.1, 0.15) is 0 Å². The van der Waals surface area contributed by atoms with E-state index in [4.69, 9.17) is 11.0 Å². The molecule has 2 aromatic heterocycles. The third-order valence-electron chi connectivity index (χ3n) is 3.45. The van der Waals surface area contributed by atoms with Crippen LogP contribution in [-0.4, -0.2) is 16.5 Å². The van der Waals surface area contributed by atoms with Crippen molar-refractivity contribution in [3.8, 4) is 6.07 Å². The SMILES string of the molecule is CC(C)(C#N)c1ccccn1.CC(C)(CN)c1ccccn1. The van der Waals surface area contributed by atoms with Crippen LogP contribution in [0.3, 0.4) is 0 Å². The highest BCUT2D eigenvalue weighted by atomic mass is 14.7. The van der Waals surface area contributed by atoms with E-state index in [9.17, 15) is 0 Å². The van der Waals surface area contributed by atoms with Gasteiger partial charge in [0.05, 0.1) is 17.2 Å². The number of nitrogens with zero attached hydrogens (tertiary/aromatic N) is 3. The number of rotatable bonds is 3. The summed E-state index contributed by atoms with van der Waals surface area (Å²) in [6.07, 6.45) is 3.50. The predicted molar refractivity (Wildman–Crippen MR) is 89.2 cm³/mol. The summed E-state index contributed by atoms with van der Waals surface area (Å²) in [5.41, 5.74) is 7.01. The number of nitrogens with two attached hydrogens (primary N) is 1. The molecule has 0 aliphatic heterocycles. The summed E-state index contributed by atoms with van der Waals surface area (Å²) in [5, 5.41) is 8.76. The first-order valence-electron chi connectivity index (χ1n) is 7.28. The quantitative estimate of drug-likeness (QED) is 0.943. The van der Waals surface area contributed by atoms with Crippen molar-refractivity contribution in [1.82, 2.24) is 9.97 Å². The molecule has 22 heavy (non-hydrogen) atoms. The van der Waals surface area contributed by atoms with Crippen LogP contribution in [0.5, 0.6) is 0 Å². The minimum absolute atomic E-state index is 0.00125. The van der Waals surface area contributed by atoms with E-state index in [1.807, 2.05) is 50.2 Å². The fraction of sp³-hybridized carbons (Fsp3) is 0.389. The molecule has 0 atom stereocenters. The summed E-state index contributed by atoms with van der Waals surface area (Å²) in [4.78, 5) is 8.34. The Morgan fingerprint density at radius 3 is 1.82 bits per heavy atom. The summed E-state index contributed by atoms with van der Waals surface area (Å²) < 4.78 is 0. The lowest BCUT2D eigenvalue weighted by Gasteiger charge is -2.20. The van der Waals surface area contributed by atoms with E-state index >= 15 is 0 Å². The van der Waals surface area contributed by atoms with Crippen molar-refractivity contribution >= 4 is 0 Å². The van der Waals surface area contributed by atoms with Crippen LogP contribution in [0.25, 0.3) is 0 Å². The van der Waals surface area contributed by atoms with E-state index in [2.05, 4.69) is 29.9 Å². The lowest BCUT2D eigenvalue weighted by atomic mass is 9.89. The fourth-order valence-corrected chi connectivity index (χ4v) is 1.66. The molecule has 2 heterocycles. The molecule has 116 valence electrons. The molecule has 0 spiro atoms. The highest BCUT2D eigenvalue weighted by Crippen LogP contribution is 2.18. The maximum atomic E-state index is 8.76. The molecule has 0 fully saturated rings. The third kappa shape index (κ3) is 4.94. The van der Waals surface area contributed by atoms with E-state index in [0.29, 0.717) is 6.54 Å². The van der Waals surface area contributed by atoms with Crippen molar-refractivity contribution in [3.63, 3.8) is 0 Å². The summed E-state index contributed by atoms with van der Waals surface area (Å²) in [6.45, 7) is 8.53. The Bertz CT molecular complexity index is 598. The zero-order valence-corrected chi connectivity index (χ0v) is 13.7. The second kappa shape index (κ2) is 7.67. The van der Waals surface area contributed by atoms with Gasteiger partial charge in [0.2, 0.25) is 0 Å². The maximum Gasteiger partial charge on any atom is 0.0937 e. The van der Waals surface area contributed by atoms with Gasteiger partial charge in [-0.25, -0.2) is 0 Å². The summed E-state index contributed by atoms with van der Waals surface area (Å²) >= 11 is 0. The average molecular weight is 296 g/mol. The monoisotopic (exact) mass is 296 g/mol. The molecule has 0 saturated heterocycles. The lowest BCUT2D eigenvalue weighted by Crippen LogP contribution is -2.28. The molecule has 0 aliphatic carbocycles. The molecular formula is C18H24N4. The van der Waals surface area contributed by atoms with E-state index in [0.717, 1.165) is 11.4 Å². The van der Waals surface area contributed by atoms with Gasteiger partial charge in [0, 0.05) is 30.0 Å². The molecule has 2 rings (SSSR count). The first-order chi connectivity index (χ1) is 10.3. The minimum Gasteiger partial charge on any atom is -0.330 e. The largest absolute Gasteiger partial charge is 0.330 e. The number of nitriles is 1. The average Bonchev–Trinajstić information content (AvgIpc) is 2.57. The van der Waals surface area contributed by atoms with Crippen molar-refractivity contribution in [2.45, 2.75) is 38.5 Å². The van der Waals surface area contributed by atoms with Crippen LogP contribution in [0.15, 0.2) is 48.8 Å². The van der Waals surface area contributed by atoms with E-state index in [1.165, 1.54) is 0 Å². The van der Waals surface area contributed by atoms with Crippen LogP contribution in [-0.2, 0) is 10.8 Å². The first-order valence-corrected chi connectivity index (χ1v) is 7.28. The summed E-state index contributed by atoms with van der Waals surface area (Å²) in [5.74, 6) is 0. The molecule has 0 aliphatic rings. The third-order valence-corrected chi connectivity index (χ3v) is 3.45. The molecule has 2 aromatic rings. The molecule has 0 saturated carbocycles. The molecule has 4 nitrogen and oxygen atoms in total. The lowest BCUT2D eigenvalue weighted by molar-refractivity contribution is 0.522. The Balaban J connectivity index is 0.000000220. The molecule has 4 heteroatoms. The molecular weight excluding hydrogens is 272 g/mol. The summed E-state index contributed by atoms with van der Waals surface area (Å²) in [7, 11) is 0. The standard InChI is InChI=1S/C9H14N2.C9H10N2/c2*1-9(2,7-10)8-5-3-4-6-11-8/h3-6H,7,10H2,1-2H3;3-6H,1-2H3. The number of aromatic nitrogens is 2. The second-order valence-electron chi connectivity index (χ2n) is 6.25. The Hall–Kier alpha value is -2.25. The fourth-order valence-electron chi connectivity index (χ4n) is 1.66. The van der Waals surface area contributed by atoms with Crippen molar-refractivity contribution in [2.75, 3.05) is 6.54 Å². The van der Waals surface area contributed by atoms with Gasteiger partial charge in [-0.15, -0.1) is 0 Å². The number of hydrogen-bond acceptors (Lipinski definition) is 4. The van der Waals surface area contributed by atoms with Gasteiger partial charge < -0.3 is 5.73 Å². The van der Waals surface area contributed by atoms with E-state index < -0.39 is 5.41 Å². The highest BCUT2D eigenvalue weighted by Gasteiger charge is 2.20. The molecule has 0 amide bonds. The highest BCUT2D eigenvalue weighted by molar-refractivity contribution is 5.22. The summed E-state index contributed by atoms with van der Waals surface area (Å²) in [6, 6.07) is 13.7. The molecule has 2 N–H and O–H groups in total. The molecule has 0 unspecified atom stereocenters. The van der Waals surface area contributed by atoms with Gasteiger partial charge in [-0.05, 0) is 38.1 Å². The van der Waals surface area contributed by atoms with Crippen LogP contribution in [0, 0.1) is 11.3 Å². The molecule has 0 bridgehead atoms. The van der Waals surface area contributed by atoms with Crippen molar-refractivity contribution in [1.29, 1.82) is 5.26 Å². The van der Waals surface area contributed by atoms with Gasteiger partial charge in [0.25, 0.3) is 0 Å². The Labute approximate surface area is 133 Å². The Morgan fingerprint density at radius 2 is 1.45 bits per heavy atom. The Morgan fingerprint density at radius 1 is 0.955 bits per heavy atom. The zero-order valence-electron chi connectivity index (χ0n) is 13.7. The number of pyridine rings is 2. The predicted octanol–water partition coefficient (Wildman–Crippen LogP) is 3.20. The molecule has 0 aromatic carbocycles. The van der Waals surface area contributed by atoms with Crippen LogP contribution in [0.1, 0.15) is 39.1 Å². The molecule has 0 radical (unpaired) electrons. The first kappa shape index (κ1) is 17.8. The van der Waals surface area contributed by atoms with E-state index in [1.54, 1.807) is 12.4 Å². The number of hydrogen-bond donors (Lipinski definition) is 1. The van der Waals surface area contributed by atoms with Crippen LogP contribution >= 0.6 is 0 Å². The van der Waals surface area contributed by atoms with Crippen LogP contribution in [0.2, 0.25) is 0 Å². The van der Waals surface area contributed by atoms with Gasteiger partial charge in [0.15, 0.2) is 0 Å². The van der Waals surface area contributed by atoms with Gasteiger partial charge in [-0.3, -0.25) is 9.97 Å². The van der Waals surface area contributed by atoms with Gasteiger partial charge in [-0.2, -0.15) is 5.26 Å². The minimum atomic E-state index is -0.471. The zero-order chi connectivity index (χ0) is 16.6. The topological polar surface area (TPSA) is 75.6 Å². The smallest absolute Gasteiger partial charge is 0.0937 e. The van der Waals surface area contributed by atoms with Crippen LogP contribution < -0.4 is 5.73 Å². The van der Waals surface area contributed by atoms with E-state index in [-0.39, 0.29) is 5.41 Å². The Kier molecular flexibility index (Phi) is 6.21. The maximum absolute atomic E-state index is 8.76. The van der Waals surface area contributed by atoms with Crippen molar-refractivity contribution in [2.24, 2.45) is 5.73 Å². The normalized spacial score (nSPS) is 11.1. The van der Waals surface area contributed by atoms with Gasteiger partial charge in [-0.1, -0.05) is 26.0 Å². The van der Waals surface area contributed by atoms with Crippen molar-refractivity contribution < 1.29 is 0 Å².